The van der Waals surface area contributed by atoms with Gasteiger partial charge in [0.05, 0.1) is 6.61 Å². The van der Waals surface area contributed by atoms with Crippen molar-refractivity contribution in [2.45, 2.75) is 31.3 Å². The number of anilines is 1. The topological polar surface area (TPSA) is 126 Å². The van der Waals surface area contributed by atoms with E-state index in [1.165, 1.54) is 11.3 Å². The van der Waals surface area contributed by atoms with Gasteiger partial charge in [0, 0.05) is 36.1 Å². The van der Waals surface area contributed by atoms with E-state index >= 15 is 0 Å². The highest BCUT2D eigenvalue weighted by molar-refractivity contribution is 7.16. The predicted octanol–water partition coefficient (Wildman–Crippen LogP) is 2.53. The van der Waals surface area contributed by atoms with Gasteiger partial charge in [0.2, 0.25) is 0 Å². The zero-order valence-corrected chi connectivity index (χ0v) is 21.1. The molecule has 1 aliphatic rings. The number of ether oxygens (including phenoxy) is 1. The number of aliphatic hydroxyl groups is 3. The molecule has 1 aromatic heterocycles. The number of nitriles is 1. The van der Waals surface area contributed by atoms with Crippen LogP contribution in [0.25, 0.3) is 26.8 Å². The Bertz CT molecular complexity index is 1340. The molecule has 1 fully saturated rings. The number of benzene rings is 2. The van der Waals surface area contributed by atoms with E-state index in [-0.39, 0.29) is 18.7 Å². The highest BCUT2D eigenvalue weighted by atomic mass is 32.1. The van der Waals surface area contributed by atoms with Crippen molar-refractivity contribution < 1.29 is 24.9 Å². The molecule has 1 aliphatic heterocycles. The van der Waals surface area contributed by atoms with E-state index in [0.29, 0.717) is 5.57 Å². The Labute approximate surface area is 213 Å². The molecule has 0 saturated carbocycles. The summed E-state index contributed by atoms with van der Waals surface area (Å²) in [6.45, 7) is 1.47. The van der Waals surface area contributed by atoms with Gasteiger partial charge in [-0.25, -0.2) is 0 Å². The number of carbonyl (C=O) groups excluding carboxylic acids is 1. The SMILES string of the molecule is CC(=C(C#N)C(=O)NCC1OCC(O)C(O)C1O)c1ccc(-c2ccc3cc(N(C)C)ccc3c2)s1. The lowest BCUT2D eigenvalue weighted by atomic mass is 10.00. The van der Waals surface area contributed by atoms with Crippen LogP contribution >= 0.6 is 11.3 Å². The number of aliphatic hydroxyl groups excluding tert-OH is 3. The van der Waals surface area contributed by atoms with Gasteiger partial charge in [0.1, 0.15) is 36.1 Å². The first-order valence-corrected chi connectivity index (χ1v) is 12.4. The highest BCUT2D eigenvalue weighted by Crippen LogP contribution is 2.35. The number of allylic oxidation sites excluding steroid dienone is 1. The second-order valence-corrected chi connectivity index (χ2v) is 10.1. The van der Waals surface area contributed by atoms with Gasteiger partial charge in [-0.2, -0.15) is 5.26 Å². The quantitative estimate of drug-likeness (QED) is 0.298. The van der Waals surface area contributed by atoms with Crippen molar-refractivity contribution in [3.05, 3.63) is 59.0 Å². The maximum absolute atomic E-state index is 12.7. The Morgan fingerprint density at radius 1 is 1.11 bits per heavy atom. The first-order valence-electron chi connectivity index (χ1n) is 11.6. The van der Waals surface area contributed by atoms with Gasteiger partial charge in [-0.05, 0) is 59.2 Å². The zero-order valence-electron chi connectivity index (χ0n) is 20.3. The molecule has 2 heterocycles. The normalized spacial score (nSPS) is 22.6. The Balaban J connectivity index is 1.50. The third-order valence-corrected chi connectivity index (χ3v) is 7.64. The van der Waals surface area contributed by atoms with Crippen molar-refractivity contribution in [1.29, 1.82) is 5.26 Å². The molecule has 9 heteroatoms. The fourth-order valence-corrected chi connectivity index (χ4v) is 5.12. The van der Waals surface area contributed by atoms with Crippen molar-refractivity contribution >= 4 is 39.3 Å². The fourth-order valence-electron chi connectivity index (χ4n) is 4.12. The third-order valence-electron chi connectivity index (χ3n) is 6.38. The summed E-state index contributed by atoms with van der Waals surface area (Å²) in [5.41, 5.74) is 2.69. The van der Waals surface area contributed by atoms with Crippen LogP contribution in [0, 0.1) is 11.3 Å². The Morgan fingerprint density at radius 3 is 2.56 bits per heavy atom. The Morgan fingerprint density at radius 2 is 1.83 bits per heavy atom. The Hall–Kier alpha value is -3.26. The molecule has 3 aromatic rings. The molecular weight excluding hydrogens is 478 g/mol. The molecule has 4 atom stereocenters. The fraction of sp³-hybridized carbons (Fsp3) is 0.333. The van der Waals surface area contributed by atoms with Gasteiger partial charge in [-0.1, -0.05) is 18.2 Å². The molecule has 4 N–H and O–H groups in total. The number of rotatable bonds is 6. The highest BCUT2D eigenvalue weighted by Gasteiger charge is 2.37. The average Bonchev–Trinajstić information content (AvgIpc) is 3.37. The number of nitrogens with zero attached hydrogens (tertiary/aromatic N) is 2. The monoisotopic (exact) mass is 507 g/mol. The lowest BCUT2D eigenvalue weighted by Gasteiger charge is -2.35. The Kier molecular flexibility index (Phi) is 7.73. The van der Waals surface area contributed by atoms with E-state index in [2.05, 4.69) is 46.6 Å². The van der Waals surface area contributed by atoms with E-state index in [4.69, 9.17) is 4.74 Å². The van der Waals surface area contributed by atoms with E-state index in [9.17, 15) is 25.4 Å². The van der Waals surface area contributed by atoms with E-state index in [0.717, 1.165) is 31.8 Å². The molecule has 188 valence electrons. The minimum absolute atomic E-state index is 0.0380. The molecule has 36 heavy (non-hydrogen) atoms. The summed E-state index contributed by atoms with van der Waals surface area (Å²) in [6.07, 6.45) is -4.78. The zero-order chi connectivity index (χ0) is 26.0. The molecule has 0 spiro atoms. The summed E-state index contributed by atoms with van der Waals surface area (Å²) in [5, 5.41) is 44.0. The number of hydrogen-bond donors (Lipinski definition) is 4. The van der Waals surface area contributed by atoms with E-state index in [1.807, 2.05) is 32.3 Å². The van der Waals surface area contributed by atoms with Crippen LogP contribution in [0.15, 0.2) is 54.1 Å². The summed E-state index contributed by atoms with van der Waals surface area (Å²) in [5.74, 6) is -0.594. The van der Waals surface area contributed by atoms with Crippen LogP contribution in [0.3, 0.4) is 0 Å². The molecule has 2 aromatic carbocycles. The molecule has 4 rings (SSSR count). The molecule has 1 saturated heterocycles. The van der Waals surface area contributed by atoms with Gasteiger partial charge >= 0.3 is 0 Å². The first kappa shape index (κ1) is 25.8. The first-order chi connectivity index (χ1) is 17.2. The molecular formula is C27H29N3O5S. The third kappa shape index (κ3) is 5.28. The van der Waals surface area contributed by atoms with Gasteiger partial charge in [0.15, 0.2) is 0 Å². The van der Waals surface area contributed by atoms with Gasteiger partial charge < -0.3 is 30.3 Å². The standard InChI is InChI=1S/C27H29N3O5S/c1-15(20(12-28)27(34)29-13-22-26(33)25(32)21(31)14-35-22)23-8-9-24(36-23)18-5-4-17-11-19(30(2)3)7-6-16(17)10-18/h4-11,21-22,25-26,31-33H,13-14H2,1-3H3,(H,29,34). The molecule has 1 amide bonds. The van der Waals surface area contributed by atoms with Crippen LogP contribution in [0.2, 0.25) is 0 Å². The largest absolute Gasteiger partial charge is 0.388 e. The second-order valence-electron chi connectivity index (χ2n) is 9.05. The number of thiophene rings is 1. The average molecular weight is 508 g/mol. The molecule has 0 radical (unpaired) electrons. The van der Waals surface area contributed by atoms with Gasteiger partial charge in [-0.3, -0.25) is 4.79 Å². The van der Waals surface area contributed by atoms with E-state index in [1.54, 1.807) is 6.92 Å². The summed E-state index contributed by atoms with van der Waals surface area (Å²) in [7, 11) is 4.02. The molecule has 8 nitrogen and oxygen atoms in total. The van der Waals surface area contributed by atoms with Crippen molar-refractivity contribution in [2.75, 3.05) is 32.1 Å². The van der Waals surface area contributed by atoms with Crippen LogP contribution in [0.1, 0.15) is 11.8 Å². The maximum Gasteiger partial charge on any atom is 0.262 e. The minimum atomic E-state index is -1.36. The number of nitrogens with one attached hydrogen (secondary N) is 1. The lowest BCUT2D eigenvalue weighted by molar-refractivity contribution is -0.185. The smallest absolute Gasteiger partial charge is 0.262 e. The summed E-state index contributed by atoms with van der Waals surface area (Å²) in [4.78, 5) is 16.6. The van der Waals surface area contributed by atoms with Crippen molar-refractivity contribution in [3.8, 4) is 16.5 Å². The second kappa shape index (κ2) is 10.8. The van der Waals surface area contributed by atoms with Crippen molar-refractivity contribution in [3.63, 3.8) is 0 Å². The predicted molar refractivity (Wildman–Crippen MR) is 141 cm³/mol. The van der Waals surface area contributed by atoms with Gasteiger partial charge in [0.25, 0.3) is 5.91 Å². The van der Waals surface area contributed by atoms with Crippen LogP contribution in [0.5, 0.6) is 0 Å². The summed E-state index contributed by atoms with van der Waals surface area (Å²) in [6, 6.07) is 18.5. The number of hydrogen-bond acceptors (Lipinski definition) is 8. The van der Waals surface area contributed by atoms with Crippen LogP contribution in [-0.4, -0.2) is 72.9 Å². The van der Waals surface area contributed by atoms with Crippen molar-refractivity contribution in [1.82, 2.24) is 5.32 Å². The van der Waals surface area contributed by atoms with Crippen LogP contribution < -0.4 is 10.2 Å². The van der Waals surface area contributed by atoms with Crippen LogP contribution in [-0.2, 0) is 9.53 Å². The maximum atomic E-state index is 12.7. The van der Waals surface area contributed by atoms with Crippen molar-refractivity contribution in [2.24, 2.45) is 0 Å². The van der Waals surface area contributed by atoms with Crippen LogP contribution in [0.4, 0.5) is 5.69 Å². The van der Waals surface area contributed by atoms with E-state index < -0.39 is 30.3 Å². The number of amides is 1. The molecule has 4 unspecified atom stereocenters. The number of fused-ring (bicyclic) bond motifs is 1. The minimum Gasteiger partial charge on any atom is -0.388 e. The molecule has 0 bridgehead atoms. The lowest BCUT2D eigenvalue weighted by Crippen LogP contribution is -2.56. The molecule has 0 aliphatic carbocycles. The summed E-state index contributed by atoms with van der Waals surface area (Å²) >= 11 is 1.50. The number of carbonyl (C=O) groups is 1. The summed E-state index contributed by atoms with van der Waals surface area (Å²) < 4.78 is 5.31. The van der Waals surface area contributed by atoms with Gasteiger partial charge in [-0.15, -0.1) is 11.3 Å².